The summed E-state index contributed by atoms with van der Waals surface area (Å²) in [5.41, 5.74) is 0.432. The summed E-state index contributed by atoms with van der Waals surface area (Å²) in [4.78, 5) is 24.1. The van der Waals surface area contributed by atoms with Gasteiger partial charge < -0.3 is 9.64 Å². The zero-order valence-electron chi connectivity index (χ0n) is 12.5. The molecule has 0 spiro atoms. The van der Waals surface area contributed by atoms with Crippen LogP contribution in [0.5, 0.6) is 0 Å². The van der Waals surface area contributed by atoms with Crippen molar-refractivity contribution in [2.45, 2.75) is 45.3 Å². The molecule has 1 aromatic rings. The Morgan fingerprint density at radius 3 is 2.71 bits per heavy atom. The van der Waals surface area contributed by atoms with Gasteiger partial charge in [-0.3, -0.25) is 10.1 Å². The van der Waals surface area contributed by atoms with Crippen molar-refractivity contribution in [3.63, 3.8) is 0 Å². The Balaban J connectivity index is 1.99. The second-order valence-electron chi connectivity index (χ2n) is 6.25. The molecule has 0 N–H and O–H groups in total. The number of amides is 1. The number of nitro benzene ring substituents is 1. The van der Waals surface area contributed by atoms with Crippen molar-refractivity contribution in [2.24, 2.45) is 0 Å². The fourth-order valence-electron chi connectivity index (χ4n) is 2.28. The van der Waals surface area contributed by atoms with Gasteiger partial charge in [-0.15, -0.1) is 0 Å². The van der Waals surface area contributed by atoms with Crippen molar-refractivity contribution in [3.05, 3.63) is 39.9 Å². The first-order valence-corrected chi connectivity index (χ1v) is 6.99. The smallest absolute Gasteiger partial charge is 0.410 e. The predicted octanol–water partition coefficient (Wildman–Crippen LogP) is 3.15. The summed E-state index contributed by atoms with van der Waals surface area (Å²) in [5.74, 6) is 0. The van der Waals surface area contributed by atoms with Gasteiger partial charge in [0.25, 0.3) is 5.69 Å². The third-order valence-corrected chi connectivity index (χ3v) is 3.36. The van der Waals surface area contributed by atoms with Crippen LogP contribution < -0.4 is 0 Å². The van der Waals surface area contributed by atoms with E-state index in [1.807, 2.05) is 26.8 Å². The van der Waals surface area contributed by atoms with Crippen molar-refractivity contribution >= 4 is 11.8 Å². The fraction of sp³-hybridized carbons (Fsp3) is 0.533. The van der Waals surface area contributed by atoms with Gasteiger partial charge in [-0.25, -0.2) is 4.79 Å². The maximum atomic E-state index is 12.0. The average Bonchev–Trinajstić information content (AvgIpc) is 2.32. The van der Waals surface area contributed by atoms with Crippen molar-refractivity contribution in [2.75, 3.05) is 6.54 Å². The Bertz CT molecular complexity index is 551. The molecular formula is C15H20N2O4. The molecule has 1 atom stereocenters. The third kappa shape index (κ3) is 3.93. The van der Waals surface area contributed by atoms with Crippen LogP contribution in [0.1, 0.15) is 32.8 Å². The number of nitrogens with zero attached hydrogens (tertiary/aromatic N) is 2. The summed E-state index contributed by atoms with van der Waals surface area (Å²) >= 11 is 0. The first kappa shape index (κ1) is 15.3. The quantitative estimate of drug-likeness (QED) is 0.633. The minimum Gasteiger partial charge on any atom is -0.444 e. The molecule has 1 aromatic carbocycles. The van der Waals surface area contributed by atoms with Crippen LogP contribution in [-0.2, 0) is 11.2 Å². The molecule has 0 aliphatic carbocycles. The van der Waals surface area contributed by atoms with Gasteiger partial charge in [0.05, 0.1) is 4.92 Å². The third-order valence-electron chi connectivity index (χ3n) is 3.36. The average molecular weight is 292 g/mol. The SMILES string of the molecule is CC(C)(C)OC(=O)N1CC[C@H]1Cc1cccc([N+](=O)[O-])c1. The normalized spacial score (nSPS) is 18.0. The molecule has 6 heteroatoms. The summed E-state index contributed by atoms with van der Waals surface area (Å²) < 4.78 is 5.35. The van der Waals surface area contributed by atoms with E-state index in [-0.39, 0.29) is 17.8 Å². The van der Waals surface area contributed by atoms with Crippen LogP contribution >= 0.6 is 0 Å². The highest BCUT2D eigenvalue weighted by Crippen LogP contribution is 2.25. The summed E-state index contributed by atoms with van der Waals surface area (Å²) in [6.07, 6.45) is 1.19. The van der Waals surface area contributed by atoms with Crippen LogP contribution in [0, 0.1) is 10.1 Å². The molecule has 1 aliphatic heterocycles. The van der Waals surface area contributed by atoms with E-state index in [4.69, 9.17) is 4.74 Å². The molecule has 0 radical (unpaired) electrons. The zero-order chi connectivity index (χ0) is 15.6. The van der Waals surface area contributed by atoms with Gasteiger partial charge in [0.1, 0.15) is 5.60 Å². The predicted molar refractivity (Wildman–Crippen MR) is 78.1 cm³/mol. The van der Waals surface area contributed by atoms with Crippen LogP contribution in [0.4, 0.5) is 10.5 Å². The van der Waals surface area contributed by atoms with Crippen LogP contribution in [-0.4, -0.2) is 34.1 Å². The number of hydrogen-bond donors (Lipinski definition) is 0. The number of carbonyl (C=O) groups is 1. The first-order chi connectivity index (χ1) is 9.76. The number of carbonyl (C=O) groups excluding carboxylic acids is 1. The first-order valence-electron chi connectivity index (χ1n) is 6.99. The van der Waals surface area contributed by atoms with Gasteiger partial charge in [0.2, 0.25) is 0 Å². The van der Waals surface area contributed by atoms with Crippen molar-refractivity contribution in [1.82, 2.24) is 4.90 Å². The standard InChI is InChI=1S/C15H20N2O4/c1-15(2,3)21-14(18)16-8-7-12(16)9-11-5-4-6-13(10-11)17(19)20/h4-6,10,12H,7-9H2,1-3H3/t12-/m0/s1. The highest BCUT2D eigenvalue weighted by atomic mass is 16.6. The number of benzene rings is 1. The molecule has 1 amide bonds. The van der Waals surface area contributed by atoms with Gasteiger partial charge >= 0.3 is 6.09 Å². The fourth-order valence-corrected chi connectivity index (χ4v) is 2.28. The molecule has 1 aliphatic rings. The molecule has 0 saturated carbocycles. The largest absolute Gasteiger partial charge is 0.444 e. The Morgan fingerprint density at radius 1 is 1.48 bits per heavy atom. The molecule has 1 heterocycles. The molecule has 6 nitrogen and oxygen atoms in total. The minimum atomic E-state index is -0.511. The maximum absolute atomic E-state index is 12.0. The monoisotopic (exact) mass is 292 g/mol. The topological polar surface area (TPSA) is 72.7 Å². The molecule has 0 bridgehead atoms. The summed E-state index contributed by atoms with van der Waals surface area (Å²) in [7, 11) is 0. The van der Waals surface area contributed by atoms with E-state index in [1.54, 1.807) is 17.0 Å². The van der Waals surface area contributed by atoms with Gasteiger partial charge in [-0.05, 0) is 39.2 Å². The van der Waals surface area contributed by atoms with E-state index < -0.39 is 10.5 Å². The van der Waals surface area contributed by atoms with Gasteiger partial charge in [-0.1, -0.05) is 12.1 Å². The van der Waals surface area contributed by atoms with Gasteiger partial charge in [-0.2, -0.15) is 0 Å². The van der Waals surface area contributed by atoms with Crippen molar-refractivity contribution in [1.29, 1.82) is 0 Å². The molecule has 1 saturated heterocycles. The summed E-state index contributed by atoms with van der Waals surface area (Å²) in [5, 5.41) is 10.8. The number of rotatable bonds is 3. The van der Waals surface area contributed by atoms with Crippen molar-refractivity contribution in [3.8, 4) is 0 Å². The molecule has 0 aromatic heterocycles. The Kier molecular flexibility index (Phi) is 4.16. The second kappa shape index (κ2) is 5.71. The zero-order valence-corrected chi connectivity index (χ0v) is 12.5. The van der Waals surface area contributed by atoms with Crippen LogP contribution in [0.15, 0.2) is 24.3 Å². The van der Waals surface area contributed by atoms with E-state index in [0.717, 1.165) is 12.0 Å². The van der Waals surface area contributed by atoms with Crippen molar-refractivity contribution < 1.29 is 14.5 Å². The van der Waals surface area contributed by atoms with E-state index in [1.165, 1.54) is 6.07 Å². The number of non-ortho nitro benzene ring substituents is 1. The van der Waals surface area contributed by atoms with Crippen LogP contribution in [0.2, 0.25) is 0 Å². The number of ether oxygens (including phenoxy) is 1. The second-order valence-corrected chi connectivity index (χ2v) is 6.25. The molecule has 0 unspecified atom stereocenters. The number of hydrogen-bond acceptors (Lipinski definition) is 4. The lowest BCUT2D eigenvalue weighted by Crippen LogP contribution is -2.53. The van der Waals surface area contributed by atoms with Crippen LogP contribution in [0.3, 0.4) is 0 Å². The highest BCUT2D eigenvalue weighted by molar-refractivity contribution is 5.69. The lowest BCUT2D eigenvalue weighted by atomic mass is 9.95. The van der Waals surface area contributed by atoms with E-state index in [0.29, 0.717) is 13.0 Å². The number of likely N-dealkylation sites (tertiary alicyclic amines) is 1. The van der Waals surface area contributed by atoms with E-state index in [2.05, 4.69) is 0 Å². The van der Waals surface area contributed by atoms with Crippen LogP contribution in [0.25, 0.3) is 0 Å². The van der Waals surface area contributed by atoms with Gasteiger partial charge in [0.15, 0.2) is 0 Å². The summed E-state index contributed by atoms with van der Waals surface area (Å²) in [6, 6.07) is 6.60. The molecular weight excluding hydrogens is 272 g/mol. The lowest BCUT2D eigenvalue weighted by molar-refractivity contribution is -0.384. The highest BCUT2D eigenvalue weighted by Gasteiger charge is 2.35. The minimum absolute atomic E-state index is 0.0573. The molecule has 114 valence electrons. The Hall–Kier alpha value is -2.11. The Morgan fingerprint density at radius 2 is 2.19 bits per heavy atom. The van der Waals surface area contributed by atoms with Gasteiger partial charge in [0, 0.05) is 24.7 Å². The lowest BCUT2D eigenvalue weighted by Gasteiger charge is -2.41. The molecule has 1 fully saturated rings. The molecule has 21 heavy (non-hydrogen) atoms. The molecule has 2 rings (SSSR count). The summed E-state index contributed by atoms with van der Waals surface area (Å²) in [6.45, 7) is 6.18. The number of nitro groups is 1. The van der Waals surface area contributed by atoms with E-state index in [9.17, 15) is 14.9 Å². The maximum Gasteiger partial charge on any atom is 0.410 e. The van der Waals surface area contributed by atoms with E-state index >= 15 is 0 Å². The Labute approximate surface area is 123 Å².